The summed E-state index contributed by atoms with van der Waals surface area (Å²) in [6, 6.07) is 10.9. The number of nitrogens with two attached hydrogens (primary N) is 1. The average Bonchev–Trinajstić information content (AvgIpc) is 3.01. The Morgan fingerprint density at radius 2 is 1.76 bits per heavy atom. The van der Waals surface area contributed by atoms with Crippen LogP contribution in [0.4, 0.5) is 0 Å². The van der Waals surface area contributed by atoms with E-state index >= 15 is 0 Å². The highest BCUT2D eigenvalue weighted by atomic mass is 32.2. The summed E-state index contributed by atoms with van der Waals surface area (Å²) >= 11 is 1.16. The molecule has 0 aliphatic carbocycles. The lowest BCUT2D eigenvalue weighted by Crippen LogP contribution is -2.48. The zero-order chi connectivity index (χ0) is 18.7. The average molecular weight is 377 g/mol. The number of hydrogen-bond acceptors (Lipinski definition) is 4. The Balaban J connectivity index is 2.19. The summed E-state index contributed by atoms with van der Waals surface area (Å²) in [5, 5.41) is 0. The fourth-order valence-corrected chi connectivity index (χ4v) is 4.76. The first-order valence-corrected chi connectivity index (χ1v) is 10.3. The van der Waals surface area contributed by atoms with Crippen LogP contribution in [0.2, 0.25) is 0 Å². The summed E-state index contributed by atoms with van der Waals surface area (Å²) in [7, 11) is -3.60. The molecule has 0 fully saturated rings. The van der Waals surface area contributed by atoms with Gasteiger partial charge in [-0.2, -0.15) is 0 Å². The molecule has 0 radical (unpaired) electrons. The predicted octanol–water partition coefficient (Wildman–Crippen LogP) is 3.11. The molecule has 0 saturated heterocycles. The molecule has 0 amide bonds. The van der Waals surface area contributed by atoms with E-state index in [0.717, 1.165) is 16.9 Å². The van der Waals surface area contributed by atoms with Crippen LogP contribution in [0.3, 0.4) is 0 Å². The first-order valence-electron chi connectivity index (χ1n) is 8.03. The number of benzene rings is 1. The minimum atomic E-state index is -3.60. The summed E-state index contributed by atoms with van der Waals surface area (Å²) in [4.78, 5) is 0.709. The molecule has 0 aliphatic rings. The number of sulfonamides is 1. The Labute approximate surface area is 154 Å². The molecule has 134 valence electrons. The zero-order valence-electron chi connectivity index (χ0n) is 15.0. The Bertz CT molecular complexity index is 880. The van der Waals surface area contributed by atoms with E-state index in [9.17, 15) is 8.42 Å². The molecule has 1 heterocycles. The van der Waals surface area contributed by atoms with Crippen LogP contribution in [0.5, 0.6) is 0 Å². The molecule has 2 aromatic rings. The highest BCUT2D eigenvalue weighted by molar-refractivity contribution is 7.91. The number of aryl methyl sites for hydroxylation is 1. The molecule has 0 saturated carbocycles. The zero-order valence-corrected chi connectivity index (χ0v) is 16.6. The van der Waals surface area contributed by atoms with E-state index in [1.807, 2.05) is 52.0 Å². The van der Waals surface area contributed by atoms with Crippen molar-refractivity contribution < 1.29 is 8.42 Å². The van der Waals surface area contributed by atoms with Crippen molar-refractivity contribution >= 4 is 21.4 Å². The molecule has 0 spiro atoms. The summed E-state index contributed by atoms with van der Waals surface area (Å²) in [5.41, 5.74) is 7.55. The molecule has 1 aromatic carbocycles. The maximum Gasteiger partial charge on any atom is 0.250 e. The van der Waals surface area contributed by atoms with Gasteiger partial charge in [-0.1, -0.05) is 50.3 Å². The molecular weight excluding hydrogens is 352 g/mol. The van der Waals surface area contributed by atoms with Crippen molar-refractivity contribution in [3.8, 4) is 11.8 Å². The van der Waals surface area contributed by atoms with Gasteiger partial charge in [0.15, 0.2) is 0 Å². The van der Waals surface area contributed by atoms with Crippen LogP contribution in [0.15, 0.2) is 40.6 Å². The SMILES string of the molecule is Cc1ccc(C#Cc2ccc(S(=O)(=O)NC(CN)C(C)(C)C)s2)cc1. The van der Waals surface area contributed by atoms with Gasteiger partial charge < -0.3 is 5.73 Å². The lowest BCUT2D eigenvalue weighted by atomic mass is 9.88. The summed E-state index contributed by atoms with van der Waals surface area (Å²) in [6.07, 6.45) is 0. The molecule has 3 N–H and O–H groups in total. The number of rotatable bonds is 4. The van der Waals surface area contributed by atoms with Crippen molar-refractivity contribution in [2.24, 2.45) is 11.1 Å². The van der Waals surface area contributed by atoms with Gasteiger partial charge >= 0.3 is 0 Å². The van der Waals surface area contributed by atoms with Crippen molar-refractivity contribution in [3.63, 3.8) is 0 Å². The Kier molecular flexibility index (Phi) is 6.07. The van der Waals surface area contributed by atoms with Gasteiger partial charge in [-0.15, -0.1) is 11.3 Å². The fourth-order valence-electron chi connectivity index (χ4n) is 2.13. The van der Waals surface area contributed by atoms with Crippen molar-refractivity contribution in [2.75, 3.05) is 6.54 Å². The van der Waals surface area contributed by atoms with Crippen LogP contribution in [-0.4, -0.2) is 21.0 Å². The molecule has 2 rings (SSSR count). The molecular formula is C19H24N2O2S2. The van der Waals surface area contributed by atoms with E-state index in [2.05, 4.69) is 16.6 Å². The van der Waals surface area contributed by atoms with Gasteiger partial charge in [0.05, 0.1) is 4.88 Å². The number of nitrogens with one attached hydrogen (secondary N) is 1. The van der Waals surface area contributed by atoms with E-state index < -0.39 is 10.0 Å². The van der Waals surface area contributed by atoms with Gasteiger partial charge in [-0.05, 0) is 36.6 Å². The number of thiophene rings is 1. The minimum Gasteiger partial charge on any atom is -0.329 e. The second-order valence-corrected chi connectivity index (χ2v) is 10.0. The van der Waals surface area contributed by atoms with Crippen LogP contribution >= 0.6 is 11.3 Å². The van der Waals surface area contributed by atoms with Gasteiger partial charge in [-0.25, -0.2) is 13.1 Å². The van der Waals surface area contributed by atoms with Crippen molar-refractivity contribution in [3.05, 3.63) is 52.4 Å². The van der Waals surface area contributed by atoms with Crippen LogP contribution in [0.1, 0.15) is 36.8 Å². The standard InChI is InChI=1S/C19H24N2O2S2/c1-14-5-7-15(8-6-14)9-10-16-11-12-18(24-16)25(22,23)21-17(13-20)19(2,3)4/h5-8,11-12,17,21H,13,20H2,1-4H3. The Hall–Kier alpha value is -1.65. The van der Waals surface area contributed by atoms with Gasteiger partial charge in [-0.3, -0.25) is 0 Å². The van der Waals surface area contributed by atoms with Crippen molar-refractivity contribution in [2.45, 2.75) is 37.9 Å². The second kappa shape index (κ2) is 7.71. The van der Waals surface area contributed by atoms with Crippen molar-refractivity contribution in [1.29, 1.82) is 0 Å². The molecule has 6 heteroatoms. The monoisotopic (exact) mass is 376 g/mol. The van der Waals surface area contributed by atoms with E-state index in [0.29, 0.717) is 4.88 Å². The third-order valence-corrected chi connectivity index (χ3v) is 6.77. The van der Waals surface area contributed by atoms with Crippen molar-refractivity contribution in [1.82, 2.24) is 4.72 Å². The van der Waals surface area contributed by atoms with Crippen LogP contribution in [0, 0.1) is 24.2 Å². The maximum atomic E-state index is 12.6. The summed E-state index contributed by atoms with van der Waals surface area (Å²) in [6.45, 7) is 8.14. The van der Waals surface area contributed by atoms with E-state index in [1.165, 1.54) is 5.56 Å². The van der Waals surface area contributed by atoms with Crippen LogP contribution in [0.25, 0.3) is 0 Å². The first kappa shape index (κ1) is 19.7. The Morgan fingerprint density at radius 3 is 2.32 bits per heavy atom. The molecule has 1 atom stereocenters. The number of hydrogen-bond donors (Lipinski definition) is 2. The molecule has 4 nitrogen and oxygen atoms in total. The van der Waals surface area contributed by atoms with Gasteiger partial charge in [0.25, 0.3) is 0 Å². The van der Waals surface area contributed by atoms with Gasteiger partial charge in [0.2, 0.25) is 10.0 Å². The highest BCUT2D eigenvalue weighted by Gasteiger charge is 2.29. The molecule has 25 heavy (non-hydrogen) atoms. The lowest BCUT2D eigenvalue weighted by molar-refractivity contribution is 0.304. The van der Waals surface area contributed by atoms with E-state index in [1.54, 1.807) is 12.1 Å². The fraction of sp³-hybridized carbons (Fsp3) is 0.368. The minimum absolute atomic E-state index is 0.244. The quantitative estimate of drug-likeness (QED) is 0.806. The normalized spacial score (nSPS) is 13.2. The first-order chi connectivity index (χ1) is 11.6. The predicted molar refractivity (Wildman–Crippen MR) is 104 cm³/mol. The summed E-state index contributed by atoms with van der Waals surface area (Å²) < 4.78 is 28.1. The third kappa shape index (κ3) is 5.41. The van der Waals surface area contributed by atoms with Gasteiger partial charge in [0.1, 0.15) is 4.21 Å². The topological polar surface area (TPSA) is 72.2 Å². The largest absolute Gasteiger partial charge is 0.329 e. The summed E-state index contributed by atoms with van der Waals surface area (Å²) in [5.74, 6) is 6.08. The van der Waals surface area contributed by atoms with E-state index in [4.69, 9.17) is 5.73 Å². The smallest absolute Gasteiger partial charge is 0.250 e. The Morgan fingerprint density at radius 1 is 1.12 bits per heavy atom. The van der Waals surface area contributed by atoms with E-state index in [-0.39, 0.29) is 22.2 Å². The molecule has 0 bridgehead atoms. The molecule has 0 aliphatic heterocycles. The lowest BCUT2D eigenvalue weighted by Gasteiger charge is -2.29. The van der Waals surface area contributed by atoms with Gasteiger partial charge in [0, 0.05) is 18.2 Å². The third-order valence-electron chi connectivity index (χ3n) is 3.81. The second-order valence-electron chi connectivity index (χ2n) is 7.01. The van der Waals surface area contributed by atoms with Crippen LogP contribution < -0.4 is 10.5 Å². The highest BCUT2D eigenvalue weighted by Crippen LogP contribution is 2.24. The molecule has 1 unspecified atom stereocenters. The molecule has 1 aromatic heterocycles. The van der Waals surface area contributed by atoms with Crippen LogP contribution in [-0.2, 0) is 10.0 Å². The maximum absolute atomic E-state index is 12.6.